The lowest BCUT2D eigenvalue weighted by molar-refractivity contribution is -0.143. The van der Waals surface area contributed by atoms with Gasteiger partial charge in [-0.05, 0) is 60.4 Å². The molecule has 9 heteroatoms. The summed E-state index contributed by atoms with van der Waals surface area (Å²) in [7, 11) is 0. The second kappa shape index (κ2) is 8.94. The second-order valence-electron chi connectivity index (χ2n) is 8.39. The van der Waals surface area contributed by atoms with Gasteiger partial charge in [0.25, 0.3) is 0 Å². The van der Waals surface area contributed by atoms with Gasteiger partial charge >= 0.3 is 12.4 Å². The fourth-order valence-corrected chi connectivity index (χ4v) is 4.32. The van der Waals surface area contributed by atoms with Gasteiger partial charge in [0, 0.05) is 22.9 Å². The van der Waals surface area contributed by atoms with Gasteiger partial charge in [0.1, 0.15) is 0 Å². The Kier molecular flexibility index (Phi) is 6.29. The fraction of sp³-hybridized carbons (Fsp3) is 0.269. The molecule has 0 aliphatic heterocycles. The van der Waals surface area contributed by atoms with E-state index in [1.54, 1.807) is 22.8 Å². The van der Waals surface area contributed by atoms with Crippen LogP contribution in [0.1, 0.15) is 52.4 Å². The number of fused-ring (bicyclic) bond motifs is 3. The Labute approximate surface area is 197 Å². The second-order valence-corrected chi connectivity index (χ2v) is 8.39. The van der Waals surface area contributed by atoms with Crippen LogP contribution in [-0.4, -0.2) is 10.5 Å². The van der Waals surface area contributed by atoms with E-state index in [-0.39, 0.29) is 23.7 Å². The molecule has 0 atom stereocenters. The summed E-state index contributed by atoms with van der Waals surface area (Å²) in [5.41, 5.74) is 4.55. The topological polar surface area (TPSA) is 48.0 Å². The number of primary amides is 1. The van der Waals surface area contributed by atoms with Gasteiger partial charge in [-0.1, -0.05) is 31.5 Å². The van der Waals surface area contributed by atoms with Crippen molar-refractivity contribution in [3.05, 3.63) is 82.4 Å². The van der Waals surface area contributed by atoms with E-state index in [4.69, 9.17) is 5.73 Å². The van der Waals surface area contributed by atoms with Crippen molar-refractivity contribution in [3.8, 4) is 0 Å². The standard InChI is InChI=1S/C26H21F6N2O/c1-2-3-5-15-8-11-18-22(12-15)34(21-7-4-6-19(23(18)21)24(33)35)14-16-9-10-17(25(27,28)29)13-20(16)26(30,31)32/h4,6-10,12-13H,2-3,5,14H2,1H3,(H2,33,35). The Balaban J connectivity index is 1.98. The number of hydrogen-bond acceptors (Lipinski definition) is 1. The van der Waals surface area contributed by atoms with E-state index in [1.165, 1.54) is 6.07 Å². The van der Waals surface area contributed by atoms with Crippen LogP contribution < -0.4 is 5.73 Å². The molecule has 1 heterocycles. The monoisotopic (exact) mass is 491 g/mol. The van der Waals surface area contributed by atoms with Crippen LogP contribution in [0.2, 0.25) is 0 Å². The molecule has 0 saturated heterocycles. The minimum absolute atomic E-state index is 0.136. The molecule has 0 spiro atoms. The van der Waals surface area contributed by atoms with Crippen molar-refractivity contribution in [3.63, 3.8) is 0 Å². The molecule has 4 rings (SSSR count). The smallest absolute Gasteiger partial charge is 0.366 e. The number of nitrogens with two attached hydrogens (primary N) is 1. The summed E-state index contributed by atoms with van der Waals surface area (Å²) in [6.45, 7) is 1.67. The van der Waals surface area contributed by atoms with Crippen molar-refractivity contribution < 1.29 is 31.1 Å². The van der Waals surface area contributed by atoms with Crippen LogP contribution in [0.3, 0.4) is 0 Å². The first-order valence-electron chi connectivity index (χ1n) is 10.9. The van der Waals surface area contributed by atoms with Crippen LogP contribution >= 0.6 is 0 Å². The molecule has 1 aromatic heterocycles. The number of aryl methyl sites for hydroxylation is 1. The molecule has 0 aliphatic carbocycles. The number of carbonyl (C=O) groups is 1. The number of amides is 1. The maximum atomic E-state index is 13.8. The zero-order valence-corrected chi connectivity index (χ0v) is 18.6. The Bertz CT molecular complexity index is 1420. The Morgan fingerprint density at radius 2 is 1.74 bits per heavy atom. The van der Waals surface area contributed by atoms with Gasteiger partial charge in [0.2, 0.25) is 5.91 Å². The first-order valence-corrected chi connectivity index (χ1v) is 10.9. The van der Waals surface area contributed by atoms with Crippen LogP contribution in [0.25, 0.3) is 21.8 Å². The molecule has 3 nitrogen and oxygen atoms in total. The van der Waals surface area contributed by atoms with Crippen molar-refractivity contribution in [2.75, 3.05) is 0 Å². The molecule has 0 bridgehead atoms. The van der Waals surface area contributed by atoms with E-state index >= 15 is 0 Å². The molecule has 0 unspecified atom stereocenters. The lowest BCUT2D eigenvalue weighted by atomic mass is 10.0. The highest BCUT2D eigenvalue weighted by atomic mass is 19.4. The third-order valence-electron chi connectivity index (χ3n) is 6.01. The van der Waals surface area contributed by atoms with Crippen LogP contribution in [0.15, 0.2) is 48.5 Å². The van der Waals surface area contributed by atoms with E-state index in [2.05, 4.69) is 6.07 Å². The highest BCUT2D eigenvalue weighted by Gasteiger charge is 2.38. The maximum Gasteiger partial charge on any atom is 0.416 e. The highest BCUT2D eigenvalue weighted by molar-refractivity contribution is 6.17. The van der Waals surface area contributed by atoms with E-state index in [1.807, 2.05) is 13.0 Å². The summed E-state index contributed by atoms with van der Waals surface area (Å²) in [5, 5.41) is 0.952. The third-order valence-corrected chi connectivity index (χ3v) is 6.01. The number of hydrogen-bond donors (Lipinski definition) is 1. The summed E-state index contributed by atoms with van der Waals surface area (Å²) in [5.74, 6) is -0.705. The zero-order chi connectivity index (χ0) is 25.5. The number of alkyl halides is 6. The number of halogens is 6. The largest absolute Gasteiger partial charge is 0.416 e. The minimum Gasteiger partial charge on any atom is -0.366 e. The normalized spacial score (nSPS) is 12.5. The van der Waals surface area contributed by atoms with Gasteiger partial charge in [-0.2, -0.15) is 26.3 Å². The molecule has 0 saturated carbocycles. The average molecular weight is 491 g/mol. The van der Waals surface area contributed by atoms with Crippen LogP contribution in [0.4, 0.5) is 26.3 Å². The Morgan fingerprint density at radius 1 is 1.00 bits per heavy atom. The van der Waals surface area contributed by atoms with E-state index in [0.29, 0.717) is 27.9 Å². The SMILES string of the molecule is CCCCc1c[c]c2c3c(C(N)=O)cccc3n(Cc3ccc(C(F)(F)F)cc3C(F)(F)F)c2c1. The first kappa shape index (κ1) is 24.6. The number of rotatable bonds is 6. The van der Waals surface area contributed by atoms with E-state index < -0.39 is 29.4 Å². The van der Waals surface area contributed by atoms with Crippen molar-refractivity contribution >= 4 is 27.7 Å². The summed E-state index contributed by atoms with van der Waals surface area (Å²) in [6.07, 6.45) is -7.35. The molecule has 0 aliphatic rings. The van der Waals surface area contributed by atoms with Crippen molar-refractivity contribution in [2.45, 2.75) is 45.1 Å². The van der Waals surface area contributed by atoms with Crippen LogP contribution in [-0.2, 0) is 25.3 Å². The van der Waals surface area contributed by atoms with Crippen LogP contribution in [0.5, 0.6) is 0 Å². The van der Waals surface area contributed by atoms with Gasteiger partial charge < -0.3 is 10.3 Å². The van der Waals surface area contributed by atoms with Gasteiger partial charge in [0.15, 0.2) is 0 Å². The predicted molar refractivity (Wildman–Crippen MR) is 121 cm³/mol. The maximum absolute atomic E-state index is 13.8. The molecular weight excluding hydrogens is 470 g/mol. The highest BCUT2D eigenvalue weighted by Crippen LogP contribution is 2.39. The number of benzene rings is 3. The first-order chi connectivity index (χ1) is 16.4. The summed E-state index contributed by atoms with van der Waals surface area (Å²) < 4.78 is 82.4. The zero-order valence-electron chi connectivity index (χ0n) is 18.6. The lowest BCUT2D eigenvalue weighted by Gasteiger charge is -2.17. The Hall–Kier alpha value is -3.49. The molecule has 1 radical (unpaired) electrons. The van der Waals surface area contributed by atoms with Gasteiger partial charge in [-0.25, -0.2) is 0 Å². The molecule has 2 N–H and O–H groups in total. The fourth-order valence-electron chi connectivity index (χ4n) is 4.32. The lowest BCUT2D eigenvalue weighted by Crippen LogP contribution is -2.15. The number of aromatic nitrogens is 1. The molecular formula is C26H21F6N2O. The van der Waals surface area contributed by atoms with Crippen molar-refractivity contribution in [1.82, 2.24) is 4.57 Å². The minimum atomic E-state index is -4.99. The number of nitrogens with zero attached hydrogens (tertiary/aromatic N) is 1. The molecule has 3 aromatic carbocycles. The van der Waals surface area contributed by atoms with Crippen LogP contribution in [0, 0.1) is 6.07 Å². The van der Waals surface area contributed by atoms with Crippen molar-refractivity contribution in [2.24, 2.45) is 5.73 Å². The Morgan fingerprint density at radius 3 is 2.37 bits per heavy atom. The number of unbranched alkanes of at least 4 members (excludes halogenated alkanes) is 1. The molecule has 4 aromatic rings. The molecule has 35 heavy (non-hydrogen) atoms. The quantitative estimate of drug-likeness (QED) is 0.287. The van der Waals surface area contributed by atoms with Gasteiger partial charge in [0.05, 0.1) is 22.2 Å². The summed E-state index contributed by atoms with van der Waals surface area (Å²) in [4.78, 5) is 12.1. The number of carbonyl (C=O) groups excluding carboxylic acids is 1. The van der Waals surface area contributed by atoms with E-state index in [0.717, 1.165) is 30.9 Å². The molecule has 1 amide bonds. The third kappa shape index (κ3) is 4.72. The summed E-state index contributed by atoms with van der Waals surface area (Å²) in [6, 6.07) is 13.1. The van der Waals surface area contributed by atoms with Gasteiger partial charge in [-0.3, -0.25) is 4.79 Å². The average Bonchev–Trinajstić information content (AvgIpc) is 3.09. The molecule has 0 fully saturated rings. The van der Waals surface area contributed by atoms with Crippen molar-refractivity contribution in [1.29, 1.82) is 0 Å². The molecule has 183 valence electrons. The van der Waals surface area contributed by atoms with E-state index in [9.17, 15) is 31.1 Å². The van der Waals surface area contributed by atoms with Gasteiger partial charge in [-0.15, -0.1) is 0 Å². The summed E-state index contributed by atoms with van der Waals surface area (Å²) >= 11 is 0. The predicted octanol–water partition coefficient (Wildman–Crippen LogP) is 7.12.